The van der Waals surface area contributed by atoms with Gasteiger partial charge in [0.2, 0.25) is 0 Å². The smallest absolute Gasteiger partial charge is 0.193 e. The summed E-state index contributed by atoms with van der Waals surface area (Å²) in [6.45, 7) is 1.20. The van der Waals surface area contributed by atoms with E-state index >= 15 is 0 Å². The highest BCUT2D eigenvalue weighted by molar-refractivity contribution is 14.0. The van der Waals surface area contributed by atoms with Crippen LogP contribution in [0.25, 0.3) is 0 Å². The zero-order valence-electron chi connectivity index (χ0n) is 13.7. The molecule has 0 amide bonds. The molecule has 0 atom stereocenters. The Morgan fingerprint density at radius 3 is 2.54 bits per heavy atom. The van der Waals surface area contributed by atoms with Gasteiger partial charge in [-0.1, -0.05) is 24.3 Å². The molecule has 0 aliphatic rings. The van der Waals surface area contributed by atoms with Crippen molar-refractivity contribution in [3.8, 4) is 6.07 Å². The van der Waals surface area contributed by atoms with Crippen LogP contribution in [0.4, 0.5) is 4.39 Å². The van der Waals surface area contributed by atoms with Crippen LogP contribution in [0.1, 0.15) is 16.7 Å². The number of halogens is 2. The Morgan fingerprint density at radius 2 is 1.92 bits per heavy atom. The molecule has 0 spiro atoms. The number of hydrogen-bond acceptors (Lipinski definition) is 2. The minimum absolute atomic E-state index is 0. The quantitative estimate of drug-likeness (QED) is 0.452. The number of guanidine groups is 1. The summed E-state index contributed by atoms with van der Waals surface area (Å²) >= 11 is 0. The predicted molar refractivity (Wildman–Crippen MR) is 105 cm³/mol. The van der Waals surface area contributed by atoms with Crippen LogP contribution in [0.5, 0.6) is 0 Å². The Balaban J connectivity index is 0.00000288. The van der Waals surface area contributed by atoms with Crippen molar-refractivity contribution < 1.29 is 4.39 Å². The van der Waals surface area contributed by atoms with Gasteiger partial charge >= 0.3 is 0 Å². The molecule has 24 heavy (non-hydrogen) atoms. The van der Waals surface area contributed by atoms with Crippen LogP contribution in [0, 0.1) is 17.1 Å². The Bertz CT molecular complexity index is 723. The van der Waals surface area contributed by atoms with Crippen LogP contribution in [-0.4, -0.2) is 25.0 Å². The molecular formula is C18H20FIN4. The van der Waals surface area contributed by atoms with E-state index in [9.17, 15) is 4.39 Å². The molecule has 0 aromatic heterocycles. The van der Waals surface area contributed by atoms with Crippen molar-refractivity contribution in [2.45, 2.75) is 13.1 Å². The second kappa shape index (κ2) is 9.88. The second-order valence-corrected chi connectivity index (χ2v) is 5.20. The Kier molecular flexibility index (Phi) is 8.19. The molecule has 0 bridgehead atoms. The van der Waals surface area contributed by atoms with Crippen molar-refractivity contribution in [3.63, 3.8) is 0 Å². The van der Waals surface area contributed by atoms with E-state index in [0.717, 1.165) is 17.1 Å². The minimum atomic E-state index is -0.240. The molecule has 126 valence electrons. The van der Waals surface area contributed by atoms with Crippen molar-refractivity contribution in [2.24, 2.45) is 4.99 Å². The van der Waals surface area contributed by atoms with Gasteiger partial charge in [0, 0.05) is 27.2 Å². The van der Waals surface area contributed by atoms with Gasteiger partial charge < -0.3 is 10.2 Å². The molecule has 0 saturated heterocycles. The number of aliphatic imine (C=N–C) groups is 1. The van der Waals surface area contributed by atoms with E-state index in [1.165, 1.54) is 12.1 Å². The lowest BCUT2D eigenvalue weighted by molar-refractivity contribution is 0.476. The molecule has 0 heterocycles. The van der Waals surface area contributed by atoms with Gasteiger partial charge in [0.05, 0.1) is 11.6 Å². The normalized spacial score (nSPS) is 10.5. The van der Waals surface area contributed by atoms with Crippen molar-refractivity contribution in [2.75, 3.05) is 14.1 Å². The first-order valence-corrected chi connectivity index (χ1v) is 7.27. The Morgan fingerprint density at radius 1 is 1.21 bits per heavy atom. The minimum Gasteiger partial charge on any atom is -0.352 e. The fraction of sp³-hybridized carbons (Fsp3) is 0.222. The molecule has 0 unspecified atom stereocenters. The van der Waals surface area contributed by atoms with Gasteiger partial charge in [-0.3, -0.25) is 4.99 Å². The lowest BCUT2D eigenvalue weighted by Crippen LogP contribution is -2.38. The van der Waals surface area contributed by atoms with Gasteiger partial charge in [0.15, 0.2) is 5.96 Å². The molecule has 0 aliphatic heterocycles. The third kappa shape index (κ3) is 5.81. The third-order valence-electron chi connectivity index (χ3n) is 3.41. The van der Waals surface area contributed by atoms with Crippen molar-refractivity contribution in [1.82, 2.24) is 10.2 Å². The molecule has 6 heteroatoms. The lowest BCUT2D eigenvalue weighted by atomic mass is 10.1. The number of hydrogen-bond donors (Lipinski definition) is 1. The van der Waals surface area contributed by atoms with Crippen LogP contribution in [0.3, 0.4) is 0 Å². The molecule has 2 aromatic rings. The van der Waals surface area contributed by atoms with Crippen LogP contribution >= 0.6 is 24.0 Å². The summed E-state index contributed by atoms with van der Waals surface area (Å²) in [6, 6.07) is 16.0. The highest BCUT2D eigenvalue weighted by atomic mass is 127. The van der Waals surface area contributed by atoms with Crippen LogP contribution in [0.2, 0.25) is 0 Å². The fourth-order valence-electron chi connectivity index (χ4n) is 2.26. The maximum Gasteiger partial charge on any atom is 0.193 e. The first-order chi connectivity index (χ1) is 11.1. The molecule has 0 radical (unpaired) electrons. The average Bonchev–Trinajstić information content (AvgIpc) is 2.57. The Labute approximate surface area is 159 Å². The summed E-state index contributed by atoms with van der Waals surface area (Å²) in [5, 5.41) is 12.2. The second-order valence-electron chi connectivity index (χ2n) is 5.20. The van der Waals surface area contributed by atoms with Crippen molar-refractivity contribution in [3.05, 3.63) is 71.0 Å². The summed E-state index contributed by atoms with van der Waals surface area (Å²) in [4.78, 5) is 6.21. The van der Waals surface area contributed by atoms with Gasteiger partial charge in [-0.05, 0) is 35.4 Å². The van der Waals surface area contributed by atoms with Gasteiger partial charge in [0.1, 0.15) is 5.82 Å². The third-order valence-corrected chi connectivity index (χ3v) is 3.41. The van der Waals surface area contributed by atoms with E-state index in [4.69, 9.17) is 5.26 Å². The highest BCUT2D eigenvalue weighted by Gasteiger charge is 2.07. The molecule has 0 saturated carbocycles. The highest BCUT2D eigenvalue weighted by Crippen LogP contribution is 2.07. The van der Waals surface area contributed by atoms with E-state index in [1.807, 2.05) is 30.1 Å². The van der Waals surface area contributed by atoms with Gasteiger partial charge in [-0.15, -0.1) is 24.0 Å². The van der Waals surface area contributed by atoms with Crippen LogP contribution in [0.15, 0.2) is 53.5 Å². The first kappa shape index (κ1) is 19.9. The monoisotopic (exact) mass is 438 g/mol. The summed E-state index contributed by atoms with van der Waals surface area (Å²) in [5.41, 5.74) is 2.66. The van der Waals surface area contributed by atoms with E-state index in [-0.39, 0.29) is 29.8 Å². The summed E-state index contributed by atoms with van der Waals surface area (Å²) in [5.74, 6) is 0.493. The first-order valence-electron chi connectivity index (χ1n) is 7.27. The molecule has 0 fully saturated rings. The van der Waals surface area contributed by atoms with E-state index in [1.54, 1.807) is 25.2 Å². The molecule has 1 N–H and O–H groups in total. The number of nitriles is 1. The lowest BCUT2D eigenvalue weighted by Gasteiger charge is -2.22. The average molecular weight is 438 g/mol. The van der Waals surface area contributed by atoms with E-state index in [2.05, 4.69) is 16.4 Å². The number of nitrogens with zero attached hydrogens (tertiary/aromatic N) is 3. The summed E-state index contributed by atoms with van der Waals surface area (Å²) in [7, 11) is 3.64. The fourth-order valence-corrected chi connectivity index (χ4v) is 2.26. The van der Waals surface area contributed by atoms with Crippen molar-refractivity contribution in [1.29, 1.82) is 5.26 Å². The molecule has 2 aromatic carbocycles. The SMILES string of the molecule is CN=C(NCc1cccc(C#N)c1)N(C)Cc1ccc(F)cc1.I. The molecular weight excluding hydrogens is 418 g/mol. The van der Waals surface area contributed by atoms with Crippen molar-refractivity contribution >= 4 is 29.9 Å². The molecule has 0 aliphatic carbocycles. The van der Waals surface area contributed by atoms with E-state index < -0.39 is 0 Å². The molecule has 2 rings (SSSR count). The molecule has 4 nitrogen and oxygen atoms in total. The number of nitrogens with one attached hydrogen (secondary N) is 1. The number of rotatable bonds is 4. The maximum atomic E-state index is 12.9. The van der Waals surface area contributed by atoms with Gasteiger partial charge in [0.25, 0.3) is 0 Å². The van der Waals surface area contributed by atoms with Crippen LogP contribution in [-0.2, 0) is 13.1 Å². The largest absolute Gasteiger partial charge is 0.352 e. The van der Waals surface area contributed by atoms with E-state index in [0.29, 0.717) is 18.7 Å². The van der Waals surface area contributed by atoms with Gasteiger partial charge in [-0.2, -0.15) is 5.26 Å². The Hall–Kier alpha value is -2.14. The topological polar surface area (TPSA) is 51.4 Å². The van der Waals surface area contributed by atoms with Gasteiger partial charge in [-0.25, -0.2) is 4.39 Å². The zero-order chi connectivity index (χ0) is 16.7. The summed E-state index contributed by atoms with van der Waals surface area (Å²) in [6.07, 6.45) is 0. The zero-order valence-corrected chi connectivity index (χ0v) is 16.0. The standard InChI is InChI=1S/C18H19FN4.HI/c1-21-18(22-12-16-5-3-4-15(10-16)11-20)23(2)13-14-6-8-17(19)9-7-14;/h3-10H,12-13H2,1-2H3,(H,21,22);1H. The number of benzene rings is 2. The summed E-state index contributed by atoms with van der Waals surface area (Å²) < 4.78 is 12.9. The predicted octanol–water partition coefficient (Wildman–Crippen LogP) is 3.52. The maximum absolute atomic E-state index is 12.9. The van der Waals surface area contributed by atoms with Crippen LogP contribution < -0.4 is 5.32 Å².